The Morgan fingerprint density at radius 1 is 0.962 bits per heavy atom. The summed E-state index contributed by atoms with van der Waals surface area (Å²) in [6.45, 7) is 3.24. The first-order valence-electron chi connectivity index (χ1n) is 7.35. The molecule has 0 radical (unpaired) electrons. The van der Waals surface area contributed by atoms with E-state index in [1.807, 2.05) is 4.72 Å². The molecular weight excluding hydrogens is 400 g/mol. The monoisotopic (exact) mass is 416 g/mol. The van der Waals surface area contributed by atoms with Gasteiger partial charge in [0.15, 0.2) is 0 Å². The molecule has 0 fully saturated rings. The average molecular weight is 417 g/mol. The van der Waals surface area contributed by atoms with Crippen LogP contribution in [0.25, 0.3) is 0 Å². The zero-order valence-electron chi connectivity index (χ0n) is 14.2. The number of halogens is 1. The number of hydrogen-bond donors (Lipinski definition) is 2. The van der Waals surface area contributed by atoms with Gasteiger partial charge in [0.05, 0.1) is 9.79 Å². The summed E-state index contributed by atoms with van der Waals surface area (Å²) in [7, 11) is -6.67. The summed E-state index contributed by atoms with van der Waals surface area (Å²) in [5.74, 6) is -0.935. The summed E-state index contributed by atoms with van der Waals surface area (Å²) < 4.78 is 53.0. The number of sulfonamides is 2. The molecule has 140 valence electrons. The van der Waals surface area contributed by atoms with Gasteiger partial charge in [0, 0.05) is 10.6 Å². The van der Waals surface area contributed by atoms with Gasteiger partial charge in [0.1, 0.15) is 0 Å². The summed E-state index contributed by atoms with van der Waals surface area (Å²) in [6.07, 6.45) is 0. The normalized spacial score (nSPS) is 12.0. The number of hydrogen-bond acceptors (Lipinski definition) is 5. The Balaban J connectivity index is 2.43. The molecule has 0 saturated heterocycles. The molecule has 0 aliphatic rings. The molecule has 0 heterocycles. The minimum absolute atomic E-state index is 0.0838. The minimum Gasteiger partial charge on any atom is -0.268 e. The molecule has 0 aromatic heterocycles. The molecule has 0 unspecified atom stereocenters. The predicted octanol–water partition coefficient (Wildman–Crippen LogP) is 1.98. The first-order valence-corrected chi connectivity index (χ1v) is 10.7. The van der Waals surface area contributed by atoms with Crippen molar-refractivity contribution in [1.29, 1.82) is 0 Å². The Hall–Kier alpha value is -1.94. The Bertz CT molecular complexity index is 1060. The topological polar surface area (TPSA) is 109 Å². The first-order chi connectivity index (χ1) is 12.0. The lowest BCUT2D eigenvalue weighted by atomic mass is 10.1. The molecule has 26 heavy (non-hydrogen) atoms. The van der Waals surface area contributed by atoms with E-state index in [2.05, 4.69) is 4.72 Å². The zero-order valence-corrected chi connectivity index (χ0v) is 16.6. The van der Waals surface area contributed by atoms with Crippen LogP contribution >= 0.6 is 11.6 Å². The molecule has 0 aliphatic carbocycles. The van der Waals surface area contributed by atoms with Crippen molar-refractivity contribution in [2.24, 2.45) is 0 Å². The van der Waals surface area contributed by atoms with Gasteiger partial charge in [-0.25, -0.2) is 26.3 Å². The molecule has 2 aromatic carbocycles. The van der Waals surface area contributed by atoms with Crippen LogP contribution in [0.15, 0.2) is 46.2 Å². The lowest BCUT2D eigenvalue weighted by molar-refractivity contribution is 0.0981. The van der Waals surface area contributed by atoms with E-state index >= 15 is 0 Å². The maximum absolute atomic E-state index is 12.4. The number of carbonyl (C=O) groups is 1. The smallest absolute Gasteiger partial charge is 0.265 e. The Morgan fingerprint density at radius 2 is 1.54 bits per heavy atom. The van der Waals surface area contributed by atoms with E-state index in [4.69, 9.17) is 11.6 Å². The van der Waals surface area contributed by atoms with E-state index in [-0.39, 0.29) is 15.4 Å². The third-order valence-corrected chi connectivity index (χ3v) is 6.93. The van der Waals surface area contributed by atoms with Gasteiger partial charge in [-0.2, -0.15) is 0 Å². The fourth-order valence-electron chi connectivity index (χ4n) is 2.20. The molecule has 2 N–H and O–H groups in total. The van der Waals surface area contributed by atoms with Crippen LogP contribution in [0.2, 0.25) is 5.02 Å². The summed E-state index contributed by atoms with van der Waals surface area (Å²) >= 11 is 5.72. The number of amides is 1. The number of rotatable bonds is 5. The Morgan fingerprint density at radius 3 is 2.08 bits per heavy atom. The minimum atomic E-state index is -4.12. The van der Waals surface area contributed by atoms with Crippen molar-refractivity contribution in [3.05, 3.63) is 58.1 Å². The highest BCUT2D eigenvalue weighted by molar-refractivity contribution is 7.90. The highest BCUT2D eigenvalue weighted by Crippen LogP contribution is 2.21. The summed E-state index contributed by atoms with van der Waals surface area (Å²) in [5.41, 5.74) is 0.922. The van der Waals surface area contributed by atoms with Gasteiger partial charge in [-0.3, -0.25) is 4.79 Å². The molecule has 0 bridgehead atoms. The van der Waals surface area contributed by atoms with Crippen molar-refractivity contribution in [1.82, 2.24) is 9.44 Å². The number of nitrogens with one attached hydrogen (secondary N) is 2. The average Bonchev–Trinajstić information content (AvgIpc) is 2.56. The standard InChI is InChI=1S/C16H17ClN2O5S2/c1-10-8-12(9-15(11(10)2)26(23,24)18-3)16(20)19-25(21,22)14-6-4-13(17)5-7-14/h4-9,18H,1-3H3,(H,19,20). The number of benzene rings is 2. The van der Waals surface area contributed by atoms with Crippen molar-refractivity contribution in [3.8, 4) is 0 Å². The number of aryl methyl sites for hydroxylation is 1. The van der Waals surface area contributed by atoms with Crippen molar-refractivity contribution in [3.63, 3.8) is 0 Å². The van der Waals surface area contributed by atoms with Crippen molar-refractivity contribution < 1.29 is 21.6 Å². The molecule has 2 aromatic rings. The second kappa shape index (κ2) is 7.36. The molecule has 0 saturated carbocycles. The maximum Gasteiger partial charge on any atom is 0.265 e. The van der Waals surface area contributed by atoms with Gasteiger partial charge in [0.2, 0.25) is 10.0 Å². The van der Waals surface area contributed by atoms with E-state index in [1.165, 1.54) is 37.4 Å². The fraction of sp³-hybridized carbons (Fsp3) is 0.188. The molecule has 0 aliphatic heterocycles. The predicted molar refractivity (Wildman–Crippen MR) is 98.3 cm³/mol. The Labute approximate surface area is 157 Å². The molecule has 1 amide bonds. The zero-order chi connectivity index (χ0) is 19.7. The Kier molecular flexibility index (Phi) is 5.76. The van der Waals surface area contributed by atoms with Crippen LogP contribution in [-0.4, -0.2) is 29.8 Å². The van der Waals surface area contributed by atoms with Gasteiger partial charge in [-0.05, 0) is 68.4 Å². The quantitative estimate of drug-likeness (QED) is 0.774. The summed E-state index contributed by atoms with van der Waals surface area (Å²) in [4.78, 5) is 12.2. The van der Waals surface area contributed by atoms with E-state index < -0.39 is 26.0 Å². The second-order valence-corrected chi connectivity index (χ2v) is 9.49. The van der Waals surface area contributed by atoms with Crippen LogP contribution in [0, 0.1) is 13.8 Å². The van der Waals surface area contributed by atoms with Crippen LogP contribution in [0.5, 0.6) is 0 Å². The van der Waals surface area contributed by atoms with Crippen LogP contribution in [0.1, 0.15) is 21.5 Å². The molecule has 7 nitrogen and oxygen atoms in total. The van der Waals surface area contributed by atoms with E-state index in [1.54, 1.807) is 13.8 Å². The molecule has 0 atom stereocenters. The van der Waals surface area contributed by atoms with Crippen molar-refractivity contribution in [2.45, 2.75) is 23.6 Å². The van der Waals surface area contributed by atoms with E-state index in [0.29, 0.717) is 16.1 Å². The highest BCUT2D eigenvalue weighted by Gasteiger charge is 2.23. The molecule has 2 rings (SSSR count). The largest absolute Gasteiger partial charge is 0.268 e. The second-order valence-electron chi connectivity index (χ2n) is 5.51. The van der Waals surface area contributed by atoms with Gasteiger partial charge in [-0.1, -0.05) is 11.6 Å². The van der Waals surface area contributed by atoms with Gasteiger partial charge >= 0.3 is 0 Å². The molecule has 10 heteroatoms. The van der Waals surface area contributed by atoms with Gasteiger partial charge in [0.25, 0.3) is 15.9 Å². The highest BCUT2D eigenvalue weighted by atomic mass is 35.5. The first kappa shape index (κ1) is 20.4. The van der Waals surface area contributed by atoms with E-state index in [0.717, 1.165) is 6.07 Å². The molecular formula is C16H17ClN2O5S2. The SMILES string of the molecule is CNS(=O)(=O)c1cc(C(=O)NS(=O)(=O)c2ccc(Cl)cc2)cc(C)c1C. The van der Waals surface area contributed by atoms with Crippen LogP contribution < -0.4 is 9.44 Å². The van der Waals surface area contributed by atoms with Crippen LogP contribution in [-0.2, 0) is 20.0 Å². The maximum atomic E-state index is 12.4. The van der Waals surface area contributed by atoms with E-state index in [9.17, 15) is 21.6 Å². The third kappa shape index (κ3) is 4.24. The summed E-state index contributed by atoms with van der Waals surface area (Å²) in [5, 5.41) is 0.353. The molecule has 0 spiro atoms. The van der Waals surface area contributed by atoms with Gasteiger partial charge < -0.3 is 0 Å². The lowest BCUT2D eigenvalue weighted by Crippen LogP contribution is -2.31. The summed E-state index contributed by atoms with van der Waals surface area (Å²) in [6, 6.07) is 7.85. The number of carbonyl (C=O) groups excluding carboxylic acids is 1. The fourth-order valence-corrected chi connectivity index (χ4v) is 4.37. The lowest BCUT2D eigenvalue weighted by Gasteiger charge is -2.13. The van der Waals surface area contributed by atoms with Crippen LogP contribution in [0.4, 0.5) is 0 Å². The third-order valence-electron chi connectivity index (χ3n) is 3.79. The van der Waals surface area contributed by atoms with Crippen molar-refractivity contribution >= 4 is 37.6 Å². The van der Waals surface area contributed by atoms with Crippen molar-refractivity contribution in [2.75, 3.05) is 7.05 Å². The van der Waals surface area contributed by atoms with Gasteiger partial charge in [-0.15, -0.1) is 0 Å². The van der Waals surface area contributed by atoms with Crippen LogP contribution in [0.3, 0.4) is 0 Å².